The van der Waals surface area contributed by atoms with E-state index >= 15 is 4.39 Å². The number of rotatable bonds is 6. The number of hydrogen-bond donors (Lipinski definition) is 1. The van der Waals surface area contributed by atoms with E-state index in [0.717, 1.165) is 25.7 Å². The third kappa shape index (κ3) is 3.54. The summed E-state index contributed by atoms with van der Waals surface area (Å²) in [7, 11) is 5.65. The summed E-state index contributed by atoms with van der Waals surface area (Å²) in [6, 6.07) is 1.66. The van der Waals surface area contributed by atoms with Gasteiger partial charge in [-0.15, -0.1) is 0 Å². The molecule has 1 aliphatic heterocycles. The molecule has 2 fully saturated rings. The lowest BCUT2D eigenvalue weighted by Gasteiger charge is -2.49. The van der Waals surface area contributed by atoms with E-state index < -0.39 is 17.2 Å². The van der Waals surface area contributed by atoms with E-state index in [4.69, 9.17) is 4.74 Å². The molecule has 0 bridgehead atoms. The Labute approximate surface area is 187 Å². The van der Waals surface area contributed by atoms with Crippen LogP contribution in [-0.2, 0) is 0 Å². The molecule has 2 heterocycles. The van der Waals surface area contributed by atoms with Crippen molar-refractivity contribution in [1.82, 2.24) is 9.47 Å². The van der Waals surface area contributed by atoms with E-state index in [0.29, 0.717) is 36.1 Å². The summed E-state index contributed by atoms with van der Waals surface area (Å²) in [6.45, 7) is 5.71. The number of carboxylic acids is 1. The summed E-state index contributed by atoms with van der Waals surface area (Å²) in [5, 5.41) is 9.56. The molecule has 32 heavy (non-hydrogen) atoms. The minimum Gasteiger partial charge on any atom is -0.492 e. The highest BCUT2D eigenvalue weighted by atomic mass is 19.1. The molecule has 2 aliphatic rings. The summed E-state index contributed by atoms with van der Waals surface area (Å²) in [5.74, 6) is -1.56. The zero-order valence-electron chi connectivity index (χ0n) is 19.4. The predicted octanol–water partition coefficient (Wildman–Crippen LogP) is 3.74. The van der Waals surface area contributed by atoms with Crippen molar-refractivity contribution in [3.05, 3.63) is 33.9 Å². The Morgan fingerprint density at radius 1 is 1.34 bits per heavy atom. The summed E-state index contributed by atoms with van der Waals surface area (Å²) in [4.78, 5) is 28.8. The Balaban J connectivity index is 1.93. The first-order valence-electron chi connectivity index (χ1n) is 11.2. The van der Waals surface area contributed by atoms with Gasteiger partial charge < -0.3 is 24.2 Å². The number of aromatic carboxylic acids is 1. The number of hydrogen-bond acceptors (Lipinski definition) is 5. The van der Waals surface area contributed by atoms with Crippen molar-refractivity contribution >= 4 is 22.6 Å². The number of aromatic nitrogens is 1. The minimum atomic E-state index is -1.31. The van der Waals surface area contributed by atoms with E-state index in [1.54, 1.807) is 4.57 Å². The average Bonchev–Trinajstić information content (AvgIpc) is 3.58. The molecule has 0 radical (unpaired) electrons. The van der Waals surface area contributed by atoms with Crippen molar-refractivity contribution < 1.29 is 19.0 Å². The number of benzene rings is 1. The molecule has 1 saturated carbocycles. The third-order valence-electron chi connectivity index (χ3n) is 7.35. The number of pyridine rings is 1. The Kier molecular flexibility index (Phi) is 5.69. The molecule has 1 aromatic heterocycles. The van der Waals surface area contributed by atoms with Crippen molar-refractivity contribution in [2.24, 2.45) is 5.41 Å². The summed E-state index contributed by atoms with van der Waals surface area (Å²) in [5.41, 5.74) is -0.234. The van der Waals surface area contributed by atoms with Gasteiger partial charge in [-0.2, -0.15) is 0 Å². The fourth-order valence-corrected chi connectivity index (χ4v) is 5.39. The molecule has 1 N–H and O–H groups in total. The third-order valence-corrected chi connectivity index (χ3v) is 7.35. The Bertz CT molecular complexity index is 1120. The van der Waals surface area contributed by atoms with Crippen LogP contribution in [-0.4, -0.2) is 60.9 Å². The fraction of sp³-hybridized carbons (Fsp3) is 0.583. The van der Waals surface area contributed by atoms with E-state index in [-0.39, 0.29) is 22.4 Å². The van der Waals surface area contributed by atoms with Gasteiger partial charge in [0.25, 0.3) is 0 Å². The van der Waals surface area contributed by atoms with E-state index in [1.165, 1.54) is 19.4 Å². The highest BCUT2D eigenvalue weighted by Gasteiger charge is 2.41. The highest BCUT2D eigenvalue weighted by Crippen LogP contribution is 2.46. The van der Waals surface area contributed by atoms with Gasteiger partial charge in [-0.25, -0.2) is 9.18 Å². The number of methoxy groups -OCH3 is 1. The van der Waals surface area contributed by atoms with Crippen LogP contribution in [0.1, 0.15) is 55.9 Å². The maximum atomic E-state index is 15.6. The number of nitrogens with zero attached hydrogens (tertiary/aromatic N) is 3. The van der Waals surface area contributed by atoms with E-state index in [9.17, 15) is 14.7 Å². The molecule has 1 aromatic carbocycles. The van der Waals surface area contributed by atoms with Crippen LogP contribution in [0, 0.1) is 11.2 Å². The minimum absolute atomic E-state index is 0.0442. The first-order valence-corrected chi connectivity index (χ1v) is 11.2. The van der Waals surface area contributed by atoms with Gasteiger partial charge in [0.15, 0.2) is 11.6 Å². The Morgan fingerprint density at radius 2 is 2.03 bits per heavy atom. The smallest absolute Gasteiger partial charge is 0.341 e. The zero-order valence-corrected chi connectivity index (χ0v) is 19.4. The number of piperidine rings is 1. The Hall–Kier alpha value is -2.61. The normalized spacial score (nSPS) is 23.7. The first kappa shape index (κ1) is 22.6. The maximum Gasteiger partial charge on any atom is 0.341 e. The molecule has 0 amide bonds. The molecular weight excluding hydrogens is 413 g/mol. The number of ether oxygens (including phenoxy) is 1. The van der Waals surface area contributed by atoms with Gasteiger partial charge in [-0.05, 0) is 45.8 Å². The number of anilines is 1. The fourth-order valence-electron chi connectivity index (χ4n) is 5.39. The molecule has 1 unspecified atom stereocenters. The van der Waals surface area contributed by atoms with Crippen LogP contribution in [0.25, 0.3) is 10.9 Å². The second-order valence-corrected chi connectivity index (χ2v) is 9.65. The van der Waals surface area contributed by atoms with E-state index in [1.807, 2.05) is 4.90 Å². The molecule has 2 atom stereocenters. The van der Waals surface area contributed by atoms with Crippen LogP contribution >= 0.6 is 0 Å². The van der Waals surface area contributed by atoms with Gasteiger partial charge in [0.1, 0.15) is 11.3 Å². The second kappa shape index (κ2) is 8.06. The van der Waals surface area contributed by atoms with Crippen molar-refractivity contribution in [3.8, 4) is 5.75 Å². The average molecular weight is 446 g/mol. The topological polar surface area (TPSA) is 75.0 Å². The lowest BCUT2D eigenvalue weighted by atomic mass is 9.74. The number of carbonyl (C=O) groups is 1. The first-order chi connectivity index (χ1) is 15.1. The number of carboxylic acid groups (broad SMARTS) is 1. The Morgan fingerprint density at radius 3 is 2.56 bits per heavy atom. The molecule has 2 aromatic rings. The monoisotopic (exact) mass is 445 g/mol. The van der Waals surface area contributed by atoms with Crippen molar-refractivity contribution in [2.75, 3.05) is 39.2 Å². The molecule has 7 nitrogen and oxygen atoms in total. The molecule has 0 spiro atoms. The van der Waals surface area contributed by atoms with Gasteiger partial charge >= 0.3 is 5.97 Å². The zero-order chi connectivity index (χ0) is 23.4. The van der Waals surface area contributed by atoms with Crippen molar-refractivity contribution in [2.45, 2.75) is 51.6 Å². The van der Waals surface area contributed by atoms with E-state index in [2.05, 4.69) is 32.8 Å². The van der Waals surface area contributed by atoms with Gasteiger partial charge in [0.2, 0.25) is 5.43 Å². The van der Waals surface area contributed by atoms with Gasteiger partial charge in [-0.1, -0.05) is 13.8 Å². The standard InChI is InChI=1S/C24H32FN3O4/c1-6-24(2)13-27(10-9-18(24)26(3)4)20-17(25)11-15-19(22(20)32-5)28(14-7-8-14)12-16(21(15)29)23(30)31/h11-12,14,18H,6-10,13H2,1-5H3,(H,30,31)/t18-,24?/m1/s1. The molecule has 4 rings (SSSR count). The summed E-state index contributed by atoms with van der Waals surface area (Å²) < 4.78 is 23.1. The molecule has 8 heteroatoms. The summed E-state index contributed by atoms with van der Waals surface area (Å²) in [6.07, 6.45) is 4.98. The number of halogens is 1. The van der Waals surface area contributed by atoms with Crippen molar-refractivity contribution in [3.63, 3.8) is 0 Å². The lowest BCUT2D eigenvalue weighted by molar-refractivity contribution is 0.0694. The molecule has 174 valence electrons. The van der Waals surface area contributed by atoms with Crippen LogP contribution < -0.4 is 15.1 Å². The molecule has 1 aliphatic carbocycles. The number of fused-ring (bicyclic) bond motifs is 1. The predicted molar refractivity (Wildman–Crippen MR) is 123 cm³/mol. The summed E-state index contributed by atoms with van der Waals surface area (Å²) >= 11 is 0. The van der Waals surface area contributed by atoms with Gasteiger partial charge in [0.05, 0.1) is 18.0 Å². The van der Waals surface area contributed by atoms with Crippen LogP contribution in [0.5, 0.6) is 5.75 Å². The molecular formula is C24H32FN3O4. The van der Waals surface area contributed by atoms with Gasteiger partial charge in [0, 0.05) is 36.8 Å². The second-order valence-electron chi connectivity index (χ2n) is 9.65. The van der Waals surface area contributed by atoms with Gasteiger partial charge in [-0.3, -0.25) is 4.79 Å². The van der Waals surface area contributed by atoms with Crippen LogP contribution in [0.3, 0.4) is 0 Å². The quantitative estimate of drug-likeness (QED) is 0.730. The van der Waals surface area contributed by atoms with Crippen LogP contribution in [0.2, 0.25) is 0 Å². The SMILES string of the molecule is CCC1(C)CN(c2c(F)cc3c(=O)c(C(=O)O)cn(C4CC4)c3c2OC)CC[C@H]1N(C)C. The molecule has 1 saturated heterocycles. The highest BCUT2D eigenvalue weighted by molar-refractivity contribution is 5.97. The van der Waals surface area contributed by atoms with Crippen molar-refractivity contribution in [1.29, 1.82) is 0 Å². The van der Waals surface area contributed by atoms with Crippen LogP contribution in [0.15, 0.2) is 17.1 Å². The van der Waals surface area contributed by atoms with Crippen LogP contribution in [0.4, 0.5) is 10.1 Å². The maximum absolute atomic E-state index is 15.6. The lowest BCUT2D eigenvalue weighted by Crippen LogP contribution is -2.55. The largest absolute Gasteiger partial charge is 0.492 e.